The number of thioether (sulfide) groups is 1. The molecule has 0 spiro atoms. The van der Waals surface area contributed by atoms with E-state index in [4.69, 9.17) is 0 Å². The molecule has 32 heavy (non-hydrogen) atoms. The number of amides is 1. The minimum Gasteiger partial charge on any atom is -0.325 e. The maximum atomic E-state index is 13.0. The molecule has 2 aromatic heterocycles. The maximum Gasteiger partial charge on any atom is 0.275 e. The van der Waals surface area contributed by atoms with Crippen molar-refractivity contribution in [2.24, 2.45) is 0 Å². The molecule has 8 heteroatoms. The normalized spacial score (nSPS) is 12.1. The summed E-state index contributed by atoms with van der Waals surface area (Å²) in [6.07, 6.45) is 1.49. The molecule has 0 unspecified atom stereocenters. The first-order valence-corrected chi connectivity index (χ1v) is 12.4. The quantitative estimate of drug-likeness (QED) is 0.366. The van der Waals surface area contributed by atoms with Crippen LogP contribution < -0.4 is 10.9 Å². The van der Waals surface area contributed by atoms with Gasteiger partial charge < -0.3 is 5.32 Å². The van der Waals surface area contributed by atoms with Gasteiger partial charge in [0.1, 0.15) is 5.01 Å². The molecule has 2 heterocycles. The number of aryl methyl sites for hydroxylation is 1. The summed E-state index contributed by atoms with van der Waals surface area (Å²) in [6, 6.07) is 19.1. The van der Waals surface area contributed by atoms with Gasteiger partial charge in [0.2, 0.25) is 10.9 Å². The van der Waals surface area contributed by atoms with Gasteiger partial charge in [-0.1, -0.05) is 67.6 Å². The number of aromatic nitrogens is 3. The standard InChI is InChI=1S/C24H24N4O2S2/c1-3-18(16-10-6-5-7-11-16)23(30)26-19-12-8-9-13-20(19)31-15-17-14-22(29)28-24(25-17)32-21(4-2)27-28/h5-14,18H,3-4,15H2,1-2H3,(H,26,30)/t18-/m1/s1. The highest BCUT2D eigenvalue weighted by Crippen LogP contribution is 2.31. The molecule has 1 amide bonds. The molecule has 0 radical (unpaired) electrons. The third-order valence-electron chi connectivity index (χ3n) is 5.09. The van der Waals surface area contributed by atoms with Crippen molar-refractivity contribution in [3.63, 3.8) is 0 Å². The molecular weight excluding hydrogens is 440 g/mol. The van der Waals surface area contributed by atoms with E-state index in [1.807, 2.05) is 68.4 Å². The predicted molar refractivity (Wildman–Crippen MR) is 131 cm³/mol. The molecule has 0 bridgehead atoms. The molecule has 1 atom stereocenters. The Kier molecular flexibility index (Phi) is 7.02. The van der Waals surface area contributed by atoms with E-state index in [0.717, 1.165) is 27.6 Å². The van der Waals surface area contributed by atoms with Crippen LogP contribution in [0.25, 0.3) is 4.96 Å². The molecule has 0 aliphatic heterocycles. The molecule has 164 valence electrons. The highest BCUT2D eigenvalue weighted by atomic mass is 32.2. The van der Waals surface area contributed by atoms with Gasteiger partial charge in [-0.15, -0.1) is 11.8 Å². The first-order chi connectivity index (χ1) is 15.6. The van der Waals surface area contributed by atoms with Gasteiger partial charge in [0, 0.05) is 16.7 Å². The molecule has 0 saturated heterocycles. The van der Waals surface area contributed by atoms with Crippen molar-refractivity contribution >= 4 is 39.7 Å². The van der Waals surface area contributed by atoms with Crippen LogP contribution in [0.1, 0.15) is 42.5 Å². The molecule has 0 aliphatic rings. The van der Waals surface area contributed by atoms with E-state index in [9.17, 15) is 9.59 Å². The Balaban J connectivity index is 1.51. The molecule has 6 nitrogen and oxygen atoms in total. The van der Waals surface area contributed by atoms with E-state index in [0.29, 0.717) is 22.8 Å². The molecule has 0 fully saturated rings. The van der Waals surface area contributed by atoms with Gasteiger partial charge in [0.15, 0.2) is 0 Å². The highest BCUT2D eigenvalue weighted by molar-refractivity contribution is 7.98. The van der Waals surface area contributed by atoms with Crippen LogP contribution in [-0.2, 0) is 17.0 Å². The van der Waals surface area contributed by atoms with Crippen LogP contribution >= 0.6 is 23.1 Å². The topological polar surface area (TPSA) is 76.4 Å². The third-order valence-corrected chi connectivity index (χ3v) is 7.25. The van der Waals surface area contributed by atoms with E-state index in [-0.39, 0.29) is 17.4 Å². The smallest absolute Gasteiger partial charge is 0.275 e. The van der Waals surface area contributed by atoms with Crippen LogP contribution in [0.15, 0.2) is 70.4 Å². The van der Waals surface area contributed by atoms with Crippen molar-refractivity contribution in [1.29, 1.82) is 0 Å². The second-order valence-electron chi connectivity index (χ2n) is 7.28. The fourth-order valence-electron chi connectivity index (χ4n) is 3.44. The Labute approximate surface area is 194 Å². The van der Waals surface area contributed by atoms with Gasteiger partial charge in [-0.3, -0.25) is 9.59 Å². The van der Waals surface area contributed by atoms with Gasteiger partial charge in [-0.2, -0.15) is 9.61 Å². The van der Waals surface area contributed by atoms with Crippen molar-refractivity contribution in [3.05, 3.63) is 87.3 Å². The van der Waals surface area contributed by atoms with Crippen LogP contribution in [-0.4, -0.2) is 20.5 Å². The number of hydrogen-bond acceptors (Lipinski definition) is 6. The number of benzene rings is 2. The SMILES string of the molecule is CCc1nn2c(=O)cc(CSc3ccccc3NC(=O)[C@H](CC)c3ccccc3)nc2s1. The number of para-hydroxylation sites is 1. The van der Waals surface area contributed by atoms with Crippen molar-refractivity contribution in [3.8, 4) is 0 Å². The summed E-state index contributed by atoms with van der Waals surface area (Å²) in [5.41, 5.74) is 2.30. The summed E-state index contributed by atoms with van der Waals surface area (Å²) < 4.78 is 1.36. The fourth-order valence-corrected chi connectivity index (χ4v) is 5.20. The number of anilines is 1. The molecule has 0 aliphatic carbocycles. The number of carbonyl (C=O) groups excluding carboxylic acids is 1. The van der Waals surface area contributed by atoms with Crippen molar-refractivity contribution < 1.29 is 4.79 Å². The zero-order chi connectivity index (χ0) is 22.5. The van der Waals surface area contributed by atoms with E-state index < -0.39 is 0 Å². The van der Waals surface area contributed by atoms with E-state index in [1.165, 1.54) is 21.9 Å². The molecule has 2 aromatic carbocycles. The Morgan fingerprint density at radius 1 is 1.12 bits per heavy atom. The summed E-state index contributed by atoms with van der Waals surface area (Å²) in [5, 5.41) is 8.27. The van der Waals surface area contributed by atoms with E-state index in [2.05, 4.69) is 15.4 Å². The second-order valence-corrected chi connectivity index (χ2v) is 9.33. The third kappa shape index (κ3) is 4.92. The summed E-state index contributed by atoms with van der Waals surface area (Å²) in [4.78, 5) is 31.6. The summed E-state index contributed by atoms with van der Waals surface area (Å²) in [6.45, 7) is 4.02. The highest BCUT2D eigenvalue weighted by Gasteiger charge is 2.19. The largest absolute Gasteiger partial charge is 0.325 e. The van der Waals surface area contributed by atoms with E-state index >= 15 is 0 Å². The van der Waals surface area contributed by atoms with Gasteiger partial charge in [0.25, 0.3) is 5.56 Å². The van der Waals surface area contributed by atoms with Crippen molar-refractivity contribution in [1.82, 2.24) is 14.6 Å². The summed E-state index contributed by atoms with van der Waals surface area (Å²) in [5.74, 6) is 0.284. The van der Waals surface area contributed by atoms with Crippen LogP contribution in [0.3, 0.4) is 0 Å². The first kappa shape index (κ1) is 22.2. The molecule has 4 aromatic rings. The zero-order valence-corrected chi connectivity index (χ0v) is 19.6. The zero-order valence-electron chi connectivity index (χ0n) is 17.9. The Morgan fingerprint density at radius 3 is 2.62 bits per heavy atom. The summed E-state index contributed by atoms with van der Waals surface area (Å²) in [7, 11) is 0. The number of rotatable bonds is 8. The first-order valence-electron chi connectivity index (χ1n) is 10.5. The average Bonchev–Trinajstić information content (AvgIpc) is 3.24. The predicted octanol–water partition coefficient (Wildman–Crippen LogP) is 5.14. The minimum absolute atomic E-state index is 0.0266. The number of carbonyl (C=O) groups is 1. The van der Waals surface area contributed by atoms with Crippen LogP contribution in [0.2, 0.25) is 0 Å². The van der Waals surface area contributed by atoms with Gasteiger partial charge in [-0.05, 0) is 30.5 Å². The Hall–Kier alpha value is -2.97. The van der Waals surface area contributed by atoms with Crippen LogP contribution in [0.4, 0.5) is 5.69 Å². The lowest BCUT2D eigenvalue weighted by Gasteiger charge is -2.17. The lowest BCUT2D eigenvalue weighted by Crippen LogP contribution is -2.21. The van der Waals surface area contributed by atoms with Crippen molar-refractivity contribution in [2.75, 3.05) is 5.32 Å². The monoisotopic (exact) mass is 464 g/mol. The lowest BCUT2D eigenvalue weighted by molar-refractivity contribution is -0.117. The molecule has 4 rings (SSSR count). The van der Waals surface area contributed by atoms with Gasteiger partial charge in [0.05, 0.1) is 17.3 Å². The Morgan fingerprint density at radius 2 is 1.88 bits per heavy atom. The minimum atomic E-state index is -0.211. The van der Waals surface area contributed by atoms with Gasteiger partial charge >= 0.3 is 0 Å². The fraction of sp³-hybridized carbons (Fsp3) is 0.250. The molecular formula is C24H24N4O2S2. The number of nitrogens with zero attached hydrogens (tertiary/aromatic N) is 3. The average molecular weight is 465 g/mol. The second kappa shape index (κ2) is 10.1. The number of nitrogens with one attached hydrogen (secondary N) is 1. The molecule has 0 saturated carbocycles. The van der Waals surface area contributed by atoms with E-state index in [1.54, 1.807) is 11.8 Å². The van der Waals surface area contributed by atoms with Gasteiger partial charge in [-0.25, -0.2) is 4.98 Å². The van der Waals surface area contributed by atoms with Crippen LogP contribution in [0, 0.1) is 0 Å². The number of hydrogen-bond donors (Lipinski definition) is 1. The summed E-state index contributed by atoms with van der Waals surface area (Å²) >= 11 is 2.98. The Bertz CT molecular complexity index is 1280. The number of fused-ring (bicyclic) bond motifs is 1. The maximum absolute atomic E-state index is 13.0. The van der Waals surface area contributed by atoms with Crippen molar-refractivity contribution in [2.45, 2.75) is 43.3 Å². The molecule has 1 N–H and O–H groups in total. The lowest BCUT2D eigenvalue weighted by atomic mass is 9.95. The van der Waals surface area contributed by atoms with Crippen LogP contribution in [0.5, 0.6) is 0 Å².